The molecule has 2 heterocycles. The first-order valence-electron chi connectivity index (χ1n) is 11.6. The van der Waals surface area contributed by atoms with Crippen molar-refractivity contribution in [1.29, 1.82) is 0 Å². The van der Waals surface area contributed by atoms with Crippen LogP contribution in [-0.4, -0.2) is 27.9 Å². The molecule has 0 saturated carbocycles. The van der Waals surface area contributed by atoms with Crippen molar-refractivity contribution in [2.24, 2.45) is 0 Å². The number of aryl methyl sites for hydroxylation is 3. The van der Waals surface area contributed by atoms with Gasteiger partial charge < -0.3 is 10.2 Å². The zero-order valence-corrected chi connectivity index (χ0v) is 19.5. The fourth-order valence-corrected chi connectivity index (χ4v) is 4.43. The van der Waals surface area contributed by atoms with E-state index in [9.17, 15) is 14.4 Å². The van der Waals surface area contributed by atoms with Crippen LogP contribution < -0.4 is 15.8 Å². The molecule has 3 aromatic rings. The summed E-state index contributed by atoms with van der Waals surface area (Å²) in [7, 11) is 0. The lowest BCUT2D eigenvalue weighted by Crippen LogP contribution is -2.34. The van der Waals surface area contributed by atoms with Gasteiger partial charge in [0.05, 0.1) is 10.9 Å². The number of carbonyl (C=O) groups is 2. The van der Waals surface area contributed by atoms with Gasteiger partial charge in [0, 0.05) is 30.9 Å². The Morgan fingerprint density at radius 1 is 1.09 bits per heavy atom. The lowest BCUT2D eigenvalue weighted by atomic mass is 10.1. The highest BCUT2D eigenvalue weighted by Gasteiger charge is 2.20. The highest BCUT2D eigenvalue weighted by atomic mass is 16.2. The van der Waals surface area contributed by atoms with Crippen molar-refractivity contribution < 1.29 is 9.59 Å². The number of hydrogen-bond donors (Lipinski definition) is 1. The van der Waals surface area contributed by atoms with Crippen LogP contribution in [0.5, 0.6) is 0 Å². The second kappa shape index (κ2) is 9.57. The van der Waals surface area contributed by atoms with E-state index in [4.69, 9.17) is 0 Å². The number of carbonyl (C=O) groups excluding carboxylic acids is 2. The summed E-state index contributed by atoms with van der Waals surface area (Å²) in [5.74, 6) is 0.154. The number of nitrogens with zero attached hydrogens (tertiary/aromatic N) is 3. The van der Waals surface area contributed by atoms with Crippen LogP contribution in [0.15, 0.2) is 41.2 Å². The number of anilines is 2. The van der Waals surface area contributed by atoms with E-state index in [1.807, 2.05) is 39.0 Å². The first-order chi connectivity index (χ1) is 15.9. The van der Waals surface area contributed by atoms with Gasteiger partial charge in [0.25, 0.3) is 5.56 Å². The minimum Gasteiger partial charge on any atom is -0.326 e. The minimum absolute atomic E-state index is 0.0730. The fourth-order valence-electron chi connectivity index (χ4n) is 4.43. The molecule has 0 unspecified atom stereocenters. The maximum absolute atomic E-state index is 13.0. The molecule has 172 valence electrons. The SMILES string of the molecule is CCN(C(=O)CC(=O)Nc1ccc2nc3n(c(=O)c2c1)CCCCC3)c1cc(C)ccc1C. The molecule has 0 aliphatic carbocycles. The number of hydrogen-bond acceptors (Lipinski definition) is 4. The maximum Gasteiger partial charge on any atom is 0.261 e. The van der Waals surface area contributed by atoms with Crippen LogP contribution in [0.2, 0.25) is 0 Å². The first-order valence-corrected chi connectivity index (χ1v) is 11.6. The molecule has 1 aromatic heterocycles. The molecule has 0 spiro atoms. The largest absolute Gasteiger partial charge is 0.326 e. The molecule has 1 N–H and O–H groups in total. The average Bonchev–Trinajstić information content (AvgIpc) is 3.03. The third kappa shape index (κ3) is 4.82. The standard InChI is InChI=1S/C26H30N4O3/c1-4-29(22-14-17(2)9-10-18(22)3)25(32)16-24(31)27-19-11-12-21-20(15-19)26(33)30-13-7-5-6-8-23(30)28-21/h9-12,14-15H,4-8,13,16H2,1-3H3,(H,27,31). The Kier molecular flexibility index (Phi) is 6.58. The van der Waals surface area contributed by atoms with Crippen molar-refractivity contribution in [3.05, 3.63) is 63.7 Å². The van der Waals surface area contributed by atoms with Gasteiger partial charge in [-0.05, 0) is 69.0 Å². The van der Waals surface area contributed by atoms with Crippen molar-refractivity contribution >= 4 is 34.1 Å². The van der Waals surface area contributed by atoms with E-state index in [-0.39, 0.29) is 17.9 Å². The molecular weight excluding hydrogens is 416 g/mol. The van der Waals surface area contributed by atoms with E-state index < -0.39 is 5.91 Å². The van der Waals surface area contributed by atoms with Gasteiger partial charge in [0.2, 0.25) is 11.8 Å². The van der Waals surface area contributed by atoms with Gasteiger partial charge in [0.1, 0.15) is 12.2 Å². The van der Waals surface area contributed by atoms with Gasteiger partial charge >= 0.3 is 0 Å². The maximum atomic E-state index is 13.0. The van der Waals surface area contributed by atoms with Crippen molar-refractivity contribution in [2.75, 3.05) is 16.8 Å². The van der Waals surface area contributed by atoms with Gasteiger partial charge in [-0.3, -0.25) is 19.0 Å². The van der Waals surface area contributed by atoms with Crippen molar-refractivity contribution in [3.63, 3.8) is 0 Å². The van der Waals surface area contributed by atoms with E-state index in [0.29, 0.717) is 29.7 Å². The summed E-state index contributed by atoms with van der Waals surface area (Å²) in [6.07, 6.45) is 3.62. The molecule has 0 atom stereocenters. The van der Waals surface area contributed by atoms with E-state index in [2.05, 4.69) is 10.3 Å². The summed E-state index contributed by atoms with van der Waals surface area (Å²) in [5.41, 5.74) is 3.91. The van der Waals surface area contributed by atoms with Crippen LogP contribution in [0.4, 0.5) is 11.4 Å². The lowest BCUT2D eigenvalue weighted by Gasteiger charge is -2.23. The number of benzene rings is 2. The van der Waals surface area contributed by atoms with Crippen LogP contribution in [0.25, 0.3) is 10.9 Å². The van der Waals surface area contributed by atoms with Crippen LogP contribution in [0.3, 0.4) is 0 Å². The predicted molar refractivity (Wildman–Crippen MR) is 131 cm³/mol. The monoisotopic (exact) mass is 446 g/mol. The zero-order valence-electron chi connectivity index (χ0n) is 19.5. The molecule has 4 rings (SSSR count). The van der Waals surface area contributed by atoms with Gasteiger partial charge in [-0.25, -0.2) is 4.98 Å². The Bertz CT molecular complexity index is 1280. The third-order valence-corrected chi connectivity index (χ3v) is 6.18. The van der Waals surface area contributed by atoms with Gasteiger partial charge in [-0.2, -0.15) is 0 Å². The van der Waals surface area contributed by atoms with E-state index in [1.165, 1.54) is 0 Å². The Morgan fingerprint density at radius 2 is 1.91 bits per heavy atom. The smallest absolute Gasteiger partial charge is 0.261 e. The number of amides is 2. The molecule has 33 heavy (non-hydrogen) atoms. The highest BCUT2D eigenvalue weighted by Crippen LogP contribution is 2.23. The fraction of sp³-hybridized carbons (Fsp3) is 0.385. The minimum atomic E-state index is -0.411. The van der Waals surface area contributed by atoms with Gasteiger partial charge in [-0.1, -0.05) is 18.6 Å². The molecule has 7 nitrogen and oxygen atoms in total. The highest BCUT2D eigenvalue weighted by molar-refractivity contribution is 6.09. The Balaban J connectivity index is 1.52. The van der Waals surface area contributed by atoms with Crippen LogP contribution in [0.1, 0.15) is 49.6 Å². The molecule has 0 saturated heterocycles. The second-order valence-electron chi connectivity index (χ2n) is 8.68. The summed E-state index contributed by atoms with van der Waals surface area (Å²) in [4.78, 5) is 44.9. The third-order valence-electron chi connectivity index (χ3n) is 6.18. The van der Waals surface area contributed by atoms with E-state index in [1.54, 1.807) is 27.7 Å². The number of nitrogens with one attached hydrogen (secondary N) is 1. The Hall–Kier alpha value is -3.48. The summed E-state index contributed by atoms with van der Waals surface area (Å²) < 4.78 is 1.76. The predicted octanol–water partition coefficient (Wildman–Crippen LogP) is 4.12. The Labute approximate surface area is 193 Å². The van der Waals surface area contributed by atoms with Gasteiger partial charge in [-0.15, -0.1) is 0 Å². The molecular formula is C26H30N4O3. The van der Waals surface area contributed by atoms with Crippen LogP contribution >= 0.6 is 0 Å². The van der Waals surface area contributed by atoms with Crippen LogP contribution in [0, 0.1) is 13.8 Å². The van der Waals surface area contributed by atoms with Gasteiger partial charge in [0.15, 0.2) is 0 Å². The van der Waals surface area contributed by atoms with E-state index in [0.717, 1.165) is 48.3 Å². The van der Waals surface area contributed by atoms with Crippen molar-refractivity contribution in [3.8, 4) is 0 Å². The summed E-state index contributed by atoms with van der Waals surface area (Å²) in [6.45, 7) is 6.97. The molecule has 7 heteroatoms. The van der Waals surface area contributed by atoms with Crippen LogP contribution in [-0.2, 0) is 22.6 Å². The zero-order chi connectivity index (χ0) is 23.5. The summed E-state index contributed by atoms with van der Waals surface area (Å²) in [6, 6.07) is 11.1. The van der Waals surface area contributed by atoms with Crippen molar-refractivity contribution in [2.45, 2.75) is 59.4 Å². The molecule has 0 bridgehead atoms. The topological polar surface area (TPSA) is 84.3 Å². The molecule has 2 aromatic carbocycles. The number of aromatic nitrogens is 2. The Morgan fingerprint density at radius 3 is 2.70 bits per heavy atom. The lowest BCUT2D eigenvalue weighted by molar-refractivity contribution is -0.125. The summed E-state index contributed by atoms with van der Waals surface area (Å²) >= 11 is 0. The second-order valence-corrected chi connectivity index (χ2v) is 8.68. The number of fused-ring (bicyclic) bond motifs is 2. The van der Waals surface area contributed by atoms with Crippen molar-refractivity contribution in [1.82, 2.24) is 9.55 Å². The molecule has 1 aliphatic rings. The molecule has 0 radical (unpaired) electrons. The summed E-state index contributed by atoms with van der Waals surface area (Å²) in [5, 5.41) is 3.26. The first kappa shape index (κ1) is 22.7. The average molecular weight is 447 g/mol. The number of rotatable bonds is 5. The molecule has 1 aliphatic heterocycles. The molecule has 0 fully saturated rings. The molecule has 2 amide bonds. The normalized spacial score (nSPS) is 13.3. The quantitative estimate of drug-likeness (QED) is 0.598. The van der Waals surface area contributed by atoms with E-state index >= 15 is 0 Å².